The molecule has 0 unspecified atom stereocenters. The summed E-state index contributed by atoms with van der Waals surface area (Å²) < 4.78 is 2.18. The molecule has 9 nitrogen and oxygen atoms in total. The Morgan fingerprint density at radius 3 is 1.68 bits per heavy atom. The van der Waals surface area contributed by atoms with Gasteiger partial charge in [0.2, 0.25) is 11.8 Å². The molecule has 0 bridgehead atoms. The van der Waals surface area contributed by atoms with Crippen LogP contribution in [-0.4, -0.2) is 95.9 Å². The number of benzene rings is 1. The van der Waals surface area contributed by atoms with Crippen molar-refractivity contribution in [2.45, 2.75) is 26.7 Å². The number of aromatic nitrogens is 2. The largest absolute Gasteiger partial charge is 0.352 e. The van der Waals surface area contributed by atoms with Gasteiger partial charge in [0.05, 0.1) is 33.5 Å². The van der Waals surface area contributed by atoms with Gasteiger partial charge in [-0.15, -0.1) is 0 Å². The number of thiazole rings is 2. The van der Waals surface area contributed by atoms with E-state index < -0.39 is 0 Å². The molecule has 2 fully saturated rings. The summed E-state index contributed by atoms with van der Waals surface area (Å²) in [6.07, 6.45) is 2.19. The zero-order chi connectivity index (χ0) is 23.8. The van der Waals surface area contributed by atoms with Crippen LogP contribution in [0.15, 0.2) is 0 Å². The van der Waals surface area contributed by atoms with Crippen molar-refractivity contribution in [1.29, 1.82) is 0 Å². The van der Waals surface area contributed by atoms with E-state index in [1.807, 2.05) is 9.80 Å². The fourth-order valence-electron chi connectivity index (χ4n) is 4.57. The SMILES string of the molecule is Cc1c2nc(NCC(=O)N3CCN(C)CC3)sc2c(C)c2nc(NCC(=O)N3CCCC3)sc12. The molecule has 11 heteroatoms. The minimum absolute atomic E-state index is 0.114. The summed E-state index contributed by atoms with van der Waals surface area (Å²) >= 11 is 3.14. The third kappa shape index (κ3) is 4.56. The third-order valence-electron chi connectivity index (χ3n) is 6.74. The minimum Gasteiger partial charge on any atom is -0.352 e. The highest BCUT2D eigenvalue weighted by atomic mass is 32.1. The number of rotatable bonds is 6. The van der Waals surface area contributed by atoms with Gasteiger partial charge in [0.25, 0.3) is 0 Å². The first-order valence-corrected chi connectivity index (χ1v) is 13.5. The van der Waals surface area contributed by atoms with Crippen molar-refractivity contribution in [1.82, 2.24) is 24.7 Å². The van der Waals surface area contributed by atoms with Crippen LogP contribution in [-0.2, 0) is 9.59 Å². The van der Waals surface area contributed by atoms with Crippen molar-refractivity contribution in [3.8, 4) is 0 Å². The summed E-state index contributed by atoms with van der Waals surface area (Å²) in [5, 5.41) is 8.00. The number of likely N-dealkylation sites (N-methyl/N-ethyl adjacent to an activating group) is 1. The number of carbonyl (C=O) groups excluding carboxylic acids is 2. The van der Waals surface area contributed by atoms with Crippen LogP contribution in [0.25, 0.3) is 20.4 Å². The second kappa shape index (κ2) is 9.63. The van der Waals surface area contributed by atoms with Crippen LogP contribution in [0.3, 0.4) is 0 Å². The minimum atomic E-state index is 0.114. The molecule has 2 saturated heterocycles. The maximum atomic E-state index is 12.6. The van der Waals surface area contributed by atoms with Crippen LogP contribution >= 0.6 is 22.7 Å². The first kappa shape index (κ1) is 23.3. The Labute approximate surface area is 207 Å². The number of hydrogen-bond donors (Lipinski definition) is 2. The van der Waals surface area contributed by atoms with Crippen LogP contribution in [0.4, 0.5) is 10.3 Å². The van der Waals surface area contributed by atoms with Gasteiger partial charge >= 0.3 is 0 Å². The highest BCUT2D eigenvalue weighted by Crippen LogP contribution is 2.40. The number of amides is 2. The molecule has 182 valence electrons. The van der Waals surface area contributed by atoms with E-state index in [1.54, 1.807) is 22.7 Å². The lowest BCUT2D eigenvalue weighted by atomic mass is 10.1. The fraction of sp³-hybridized carbons (Fsp3) is 0.565. The smallest absolute Gasteiger partial charge is 0.242 e. The topological polar surface area (TPSA) is 93.7 Å². The molecule has 3 aromatic rings. The Kier molecular flexibility index (Phi) is 6.59. The Balaban J connectivity index is 1.29. The van der Waals surface area contributed by atoms with Crippen LogP contribution < -0.4 is 10.6 Å². The second-order valence-corrected chi connectivity index (χ2v) is 11.1. The summed E-state index contributed by atoms with van der Waals surface area (Å²) in [4.78, 5) is 40.7. The van der Waals surface area contributed by atoms with Crippen molar-refractivity contribution in [2.75, 3.05) is 70.0 Å². The number of likely N-dealkylation sites (tertiary alicyclic amines) is 1. The highest BCUT2D eigenvalue weighted by Gasteiger charge is 2.22. The van der Waals surface area contributed by atoms with E-state index >= 15 is 0 Å². The summed E-state index contributed by atoms with van der Waals surface area (Å²) in [5.74, 6) is 0.248. The molecule has 34 heavy (non-hydrogen) atoms. The third-order valence-corrected chi connectivity index (χ3v) is 9.01. The lowest BCUT2D eigenvalue weighted by Gasteiger charge is -2.32. The predicted molar refractivity (Wildman–Crippen MR) is 139 cm³/mol. The molecule has 2 aromatic heterocycles. The van der Waals surface area contributed by atoms with E-state index in [0.29, 0.717) is 0 Å². The molecule has 2 aliphatic rings. The fourth-order valence-corrected chi connectivity index (χ4v) is 6.61. The molecular weight excluding hydrogens is 470 g/mol. The summed E-state index contributed by atoms with van der Waals surface area (Å²) in [6, 6.07) is 0. The molecule has 0 saturated carbocycles. The number of carbonyl (C=O) groups is 2. The number of anilines is 2. The molecule has 2 aliphatic heterocycles. The van der Waals surface area contributed by atoms with Crippen LogP contribution in [0.1, 0.15) is 24.0 Å². The van der Waals surface area contributed by atoms with Crippen molar-refractivity contribution in [2.24, 2.45) is 0 Å². The highest BCUT2D eigenvalue weighted by molar-refractivity contribution is 7.24. The number of nitrogens with zero attached hydrogens (tertiary/aromatic N) is 5. The van der Waals surface area contributed by atoms with E-state index in [0.717, 1.165) is 93.9 Å². The van der Waals surface area contributed by atoms with Crippen LogP contribution in [0.2, 0.25) is 0 Å². The van der Waals surface area contributed by atoms with Gasteiger partial charge in [-0.2, -0.15) is 0 Å². The zero-order valence-electron chi connectivity index (χ0n) is 19.9. The molecule has 2 N–H and O–H groups in total. The van der Waals surface area contributed by atoms with Crippen molar-refractivity contribution >= 4 is 65.2 Å². The van der Waals surface area contributed by atoms with Gasteiger partial charge in [0.1, 0.15) is 0 Å². The van der Waals surface area contributed by atoms with Gasteiger partial charge in [-0.25, -0.2) is 9.97 Å². The van der Waals surface area contributed by atoms with Crippen LogP contribution in [0, 0.1) is 13.8 Å². The Bertz CT molecular complexity index is 1170. The Morgan fingerprint density at radius 1 is 0.765 bits per heavy atom. The van der Waals surface area contributed by atoms with E-state index in [4.69, 9.17) is 9.97 Å². The maximum Gasteiger partial charge on any atom is 0.242 e. The van der Waals surface area contributed by atoms with Gasteiger partial charge in [-0.1, -0.05) is 22.7 Å². The van der Waals surface area contributed by atoms with E-state index in [2.05, 4.69) is 36.4 Å². The van der Waals surface area contributed by atoms with Gasteiger partial charge in [-0.05, 0) is 44.9 Å². The quantitative estimate of drug-likeness (QED) is 0.536. The summed E-state index contributed by atoms with van der Waals surface area (Å²) in [7, 11) is 2.08. The molecular formula is C23H31N7O2S2. The second-order valence-electron chi connectivity index (χ2n) is 9.12. The number of hydrogen-bond acceptors (Lipinski definition) is 9. The molecule has 0 aliphatic carbocycles. The van der Waals surface area contributed by atoms with E-state index in [1.165, 1.54) is 0 Å². The molecule has 0 radical (unpaired) electrons. The molecule has 4 heterocycles. The maximum absolute atomic E-state index is 12.6. The average molecular weight is 502 g/mol. The van der Waals surface area contributed by atoms with Crippen molar-refractivity contribution < 1.29 is 9.59 Å². The number of fused-ring (bicyclic) bond motifs is 2. The number of aryl methyl sites for hydroxylation is 2. The number of nitrogens with one attached hydrogen (secondary N) is 2. The van der Waals surface area contributed by atoms with Gasteiger partial charge in [0.15, 0.2) is 10.3 Å². The van der Waals surface area contributed by atoms with Gasteiger partial charge in [0, 0.05) is 39.3 Å². The van der Waals surface area contributed by atoms with Crippen LogP contribution in [0.5, 0.6) is 0 Å². The van der Waals surface area contributed by atoms with E-state index in [-0.39, 0.29) is 24.9 Å². The van der Waals surface area contributed by atoms with E-state index in [9.17, 15) is 9.59 Å². The standard InChI is InChI=1S/C23H31N7O2S2/c1-14-18-20(33-22(26-18)24-12-16(31)29-6-4-5-7-29)15(2)19-21(14)34-23(27-19)25-13-17(32)30-10-8-28(3)9-11-30/h4-13H2,1-3H3,(H,24,26)(H,25,27). The predicted octanol–water partition coefficient (Wildman–Crippen LogP) is 2.74. The Hall–Kier alpha value is -2.50. The summed E-state index contributed by atoms with van der Waals surface area (Å²) in [6.45, 7) is 9.77. The Morgan fingerprint density at radius 2 is 1.21 bits per heavy atom. The number of piperazine rings is 1. The lowest BCUT2D eigenvalue weighted by Crippen LogP contribution is -2.48. The normalized spacial score (nSPS) is 17.1. The molecule has 1 aromatic carbocycles. The average Bonchev–Trinajstić information content (AvgIpc) is 3.59. The van der Waals surface area contributed by atoms with Gasteiger partial charge in [-0.3, -0.25) is 9.59 Å². The lowest BCUT2D eigenvalue weighted by molar-refractivity contribution is -0.131. The molecule has 0 atom stereocenters. The monoisotopic (exact) mass is 501 g/mol. The van der Waals surface area contributed by atoms with Crippen molar-refractivity contribution in [3.63, 3.8) is 0 Å². The van der Waals surface area contributed by atoms with Gasteiger partial charge < -0.3 is 25.3 Å². The molecule has 5 rings (SSSR count). The first-order valence-electron chi connectivity index (χ1n) is 11.8. The molecule has 2 amide bonds. The zero-order valence-corrected chi connectivity index (χ0v) is 21.6. The summed E-state index contributed by atoms with van der Waals surface area (Å²) in [5.41, 5.74) is 4.08. The van der Waals surface area contributed by atoms with Crippen molar-refractivity contribution in [3.05, 3.63) is 11.1 Å². The first-order chi connectivity index (χ1) is 16.4. The molecule has 0 spiro atoms.